The SMILES string of the molecule is C[C@H](CC(=O)N1CCC(O)(Cn2cnc3c(-c4ccc(CNCCCNC(=O)CCOCCNC(=O)Cn5ccc(-c6cc(Cl)c(Cl)c7[nH]c8c(c67)CN(C(=O)CO)CC8)n5)cc4)n(C)nc3c2=O)CC1)c1ccccc1. The summed E-state index contributed by atoms with van der Waals surface area (Å²) in [6.07, 6.45) is 5.75. The molecule has 0 bridgehead atoms. The van der Waals surface area contributed by atoms with Gasteiger partial charge in [0.2, 0.25) is 23.6 Å². The molecule has 7 aromatic rings. The van der Waals surface area contributed by atoms with Crippen molar-refractivity contribution in [2.24, 2.45) is 7.05 Å². The summed E-state index contributed by atoms with van der Waals surface area (Å²) < 4.78 is 10.2. The molecule has 406 valence electrons. The standard InChI is InChI=1S/C55H64Cl2N12O8/c1-35(37-7-4-3-5-8-37)27-46(73)66-23-16-55(76,17-24-66)33-68-34-61-51-52(54(68)75)64-65(2)53(51)38-11-9-36(10-12-38)29-58-18-6-19-59-44(71)15-25-77-26-20-60-45(72)31-69-22-14-43(63-69)39-28-41(56)49(57)50-48(39)40-30-67(47(74)32-70)21-13-42(40)62-50/h3-5,7-12,14,22,28,34-35,58,62,70,76H,6,13,15-21,23-27,29-33H2,1-2H3,(H,59,71)(H,60,72)/t35-/m1/s1. The van der Waals surface area contributed by atoms with Crippen molar-refractivity contribution in [3.8, 4) is 22.5 Å². The van der Waals surface area contributed by atoms with Crippen molar-refractivity contribution >= 4 is 68.8 Å². The minimum atomic E-state index is -1.16. The molecule has 0 spiro atoms. The molecule has 0 radical (unpaired) electrons. The van der Waals surface area contributed by atoms with Crippen LogP contribution in [0.4, 0.5) is 0 Å². The van der Waals surface area contributed by atoms with Gasteiger partial charge >= 0.3 is 0 Å². The quantitative estimate of drug-likeness (QED) is 0.0507. The van der Waals surface area contributed by atoms with Crippen molar-refractivity contribution in [3.05, 3.63) is 122 Å². The fourth-order valence-electron chi connectivity index (χ4n) is 10.2. The summed E-state index contributed by atoms with van der Waals surface area (Å²) in [4.78, 5) is 75.7. The van der Waals surface area contributed by atoms with Crippen LogP contribution in [-0.4, -0.2) is 142 Å². The molecule has 4 aromatic heterocycles. The van der Waals surface area contributed by atoms with Gasteiger partial charge in [-0.25, -0.2) is 4.98 Å². The summed E-state index contributed by atoms with van der Waals surface area (Å²) in [6, 6.07) is 21.4. The maximum atomic E-state index is 13.7. The molecule has 3 aromatic carbocycles. The van der Waals surface area contributed by atoms with Crippen LogP contribution >= 0.6 is 23.2 Å². The fourth-order valence-corrected chi connectivity index (χ4v) is 10.6. The number of benzene rings is 3. The number of aromatic nitrogens is 7. The van der Waals surface area contributed by atoms with Crippen LogP contribution in [0.5, 0.6) is 0 Å². The first-order valence-electron chi connectivity index (χ1n) is 26.0. The first-order chi connectivity index (χ1) is 37.2. The Morgan fingerprint density at radius 2 is 1.66 bits per heavy atom. The van der Waals surface area contributed by atoms with Crippen molar-refractivity contribution < 1.29 is 34.1 Å². The number of aromatic amines is 1. The van der Waals surface area contributed by atoms with Gasteiger partial charge in [-0.15, -0.1) is 0 Å². The molecule has 6 heterocycles. The molecule has 2 aliphatic heterocycles. The third-order valence-corrected chi connectivity index (χ3v) is 15.3. The van der Waals surface area contributed by atoms with Gasteiger partial charge in [-0.1, -0.05) is 84.7 Å². The van der Waals surface area contributed by atoms with Crippen LogP contribution in [0.2, 0.25) is 10.0 Å². The molecule has 22 heteroatoms. The molecule has 0 saturated carbocycles. The molecular formula is C55H64Cl2N12O8. The first kappa shape index (κ1) is 54.8. The van der Waals surface area contributed by atoms with E-state index in [4.69, 9.17) is 27.9 Å². The monoisotopic (exact) mass is 1090 g/mol. The Labute approximate surface area is 454 Å². The van der Waals surface area contributed by atoms with Crippen molar-refractivity contribution in [2.75, 3.05) is 59.1 Å². The average molecular weight is 1090 g/mol. The highest BCUT2D eigenvalue weighted by molar-refractivity contribution is 6.45. The van der Waals surface area contributed by atoms with Gasteiger partial charge < -0.3 is 45.7 Å². The van der Waals surface area contributed by atoms with Gasteiger partial charge in [0.05, 0.1) is 58.6 Å². The van der Waals surface area contributed by atoms with E-state index >= 15 is 0 Å². The van der Waals surface area contributed by atoms with E-state index in [-0.39, 0.29) is 79.9 Å². The normalized spacial score (nSPS) is 14.7. The van der Waals surface area contributed by atoms with Gasteiger partial charge in [0.1, 0.15) is 18.7 Å². The Morgan fingerprint density at radius 3 is 2.43 bits per heavy atom. The number of amides is 4. The number of carbonyl (C=O) groups excluding carboxylic acids is 4. The number of H-pyrrole nitrogens is 1. The molecule has 9 rings (SSSR count). The highest BCUT2D eigenvalue weighted by Crippen LogP contribution is 2.42. The van der Waals surface area contributed by atoms with Crippen LogP contribution in [0.15, 0.2) is 84.0 Å². The third-order valence-electron chi connectivity index (χ3n) is 14.5. The second-order valence-corrected chi connectivity index (χ2v) is 20.7. The lowest BCUT2D eigenvalue weighted by Gasteiger charge is -2.38. The zero-order chi connectivity index (χ0) is 54.2. The Kier molecular flexibility index (Phi) is 17.5. The molecule has 20 nitrogen and oxygen atoms in total. The van der Waals surface area contributed by atoms with Gasteiger partial charge in [-0.05, 0) is 55.0 Å². The lowest BCUT2D eigenvalue weighted by atomic mass is 9.90. The smallest absolute Gasteiger partial charge is 0.281 e. The van der Waals surface area contributed by atoms with Crippen LogP contribution in [0.25, 0.3) is 44.5 Å². The van der Waals surface area contributed by atoms with E-state index in [1.54, 1.807) is 35.0 Å². The van der Waals surface area contributed by atoms with Gasteiger partial charge in [0.25, 0.3) is 5.56 Å². The molecule has 1 fully saturated rings. The number of aryl methyl sites for hydroxylation is 1. The lowest BCUT2D eigenvalue weighted by Crippen LogP contribution is -2.49. The first-order valence-corrected chi connectivity index (χ1v) is 26.8. The maximum absolute atomic E-state index is 13.7. The zero-order valence-electron chi connectivity index (χ0n) is 43.2. The number of carbonyl (C=O) groups is 4. The molecule has 6 N–H and O–H groups in total. The molecular weight excluding hydrogens is 1030 g/mol. The molecule has 1 saturated heterocycles. The van der Waals surface area contributed by atoms with Crippen molar-refractivity contribution in [3.63, 3.8) is 0 Å². The van der Waals surface area contributed by atoms with Crippen LogP contribution in [0.1, 0.15) is 67.3 Å². The predicted molar refractivity (Wildman–Crippen MR) is 292 cm³/mol. The number of piperidine rings is 1. The number of likely N-dealkylation sites (tertiary alicyclic amines) is 1. The summed E-state index contributed by atoms with van der Waals surface area (Å²) in [5, 5.41) is 40.8. The van der Waals surface area contributed by atoms with Crippen LogP contribution in [0.3, 0.4) is 0 Å². The Bertz CT molecular complexity index is 3310. The van der Waals surface area contributed by atoms with Crippen LogP contribution in [0, 0.1) is 0 Å². The summed E-state index contributed by atoms with van der Waals surface area (Å²) in [7, 11) is 1.78. The van der Waals surface area contributed by atoms with E-state index in [0.717, 1.165) is 39.8 Å². The largest absolute Gasteiger partial charge is 0.388 e. The maximum Gasteiger partial charge on any atom is 0.281 e. The number of hydrogen-bond donors (Lipinski definition) is 6. The average Bonchev–Trinajstić information content (AvgIpc) is 4.16. The third kappa shape index (κ3) is 12.9. The number of fused-ring (bicyclic) bond motifs is 4. The van der Waals surface area contributed by atoms with Crippen LogP contribution in [-0.2, 0) is 63.6 Å². The van der Waals surface area contributed by atoms with Crippen LogP contribution < -0.4 is 21.5 Å². The Morgan fingerprint density at radius 1 is 0.896 bits per heavy atom. The number of nitrogens with one attached hydrogen (secondary N) is 4. The summed E-state index contributed by atoms with van der Waals surface area (Å²) in [6.45, 7) is 5.58. The highest BCUT2D eigenvalue weighted by atomic mass is 35.5. The van der Waals surface area contributed by atoms with E-state index in [1.165, 1.54) is 15.6 Å². The number of aliphatic hydroxyl groups excluding tert-OH is 1. The van der Waals surface area contributed by atoms with E-state index < -0.39 is 12.2 Å². The van der Waals surface area contributed by atoms with E-state index in [1.807, 2.05) is 66.4 Å². The molecule has 1 atom stereocenters. The van der Waals surface area contributed by atoms with Gasteiger partial charge in [-0.2, -0.15) is 10.2 Å². The van der Waals surface area contributed by atoms with Gasteiger partial charge in [0.15, 0.2) is 5.52 Å². The van der Waals surface area contributed by atoms with E-state index in [0.29, 0.717) is 110 Å². The second kappa shape index (κ2) is 24.6. The highest BCUT2D eigenvalue weighted by Gasteiger charge is 2.35. The number of halogens is 2. The van der Waals surface area contributed by atoms with Gasteiger partial charge in [0, 0.05) is 106 Å². The Hall–Kier alpha value is -6.94. The van der Waals surface area contributed by atoms with Crippen molar-refractivity contribution in [1.82, 2.24) is 59.8 Å². The number of rotatable bonds is 22. The number of nitrogens with zero attached hydrogens (tertiary/aromatic N) is 8. The molecule has 0 unspecified atom stereocenters. The number of aliphatic hydroxyl groups is 2. The minimum absolute atomic E-state index is 0.0380. The molecule has 0 aliphatic carbocycles. The summed E-state index contributed by atoms with van der Waals surface area (Å²) in [5.41, 5.74) is 6.68. The second-order valence-electron chi connectivity index (χ2n) is 19.9. The minimum Gasteiger partial charge on any atom is -0.388 e. The summed E-state index contributed by atoms with van der Waals surface area (Å²) >= 11 is 13.1. The lowest BCUT2D eigenvalue weighted by molar-refractivity contribution is -0.136. The molecule has 4 amide bonds. The number of hydrogen-bond acceptors (Lipinski definition) is 12. The zero-order valence-corrected chi connectivity index (χ0v) is 44.7. The number of ether oxygens (including phenoxy) is 1. The van der Waals surface area contributed by atoms with Crippen molar-refractivity contribution in [2.45, 2.75) is 83.1 Å². The summed E-state index contributed by atoms with van der Waals surface area (Å²) in [5.74, 6) is -0.599. The van der Waals surface area contributed by atoms with E-state index in [9.17, 15) is 34.2 Å². The predicted octanol–water partition coefficient (Wildman–Crippen LogP) is 4.69. The van der Waals surface area contributed by atoms with Crippen molar-refractivity contribution in [1.29, 1.82) is 0 Å². The molecule has 2 aliphatic rings. The molecule has 77 heavy (non-hydrogen) atoms. The topological polar surface area (TPSA) is 247 Å². The van der Waals surface area contributed by atoms with Gasteiger partial charge in [-0.3, -0.25) is 37.9 Å². The Balaban J connectivity index is 0.646. The van der Waals surface area contributed by atoms with E-state index in [2.05, 4.69) is 36.1 Å². The fraction of sp³-hybridized carbons (Fsp3) is 0.418.